The number of likely N-dealkylation sites (tertiary alicyclic amines) is 1. The van der Waals surface area contributed by atoms with Crippen LogP contribution in [0.1, 0.15) is 46.5 Å². The van der Waals surface area contributed by atoms with Crippen molar-refractivity contribution in [3.05, 3.63) is 71.5 Å². The van der Waals surface area contributed by atoms with Crippen LogP contribution in [-0.2, 0) is 0 Å². The smallest absolute Gasteiger partial charge is 0.407 e. The highest BCUT2D eigenvalue weighted by Gasteiger charge is 2.29. The number of hydrogen-bond acceptors (Lipinski definition) is 4. The maximum Gasteiger partial charge on any atom is 0.407 e. The lowest BCUT2D eigenvalue weighted by molar-refractivity contribution is 0.103. The van der Waals surface area contributed by atoms with E-state index in [1.165, 1.54) is 4.90 Å². The molecule has 4 heterocycles. The molecule has 166 valence electrons. The number of fused-ring (bicyclic) bond motifs is 1. The predicted octanol–water partition coefficient (Wildman–Crippen LogP) is 4.15. The lowest BCUT2D eigenvalue weighted by Crippen LogP contribution is -2.38. The Kier molecular flexibility index (Phi) is 4.38. The van der Waals surface area contributed by atoms with Gasteiger partial charge in [-0.3, -0.25) is 4.79 Å². The minimum absolute atomic E-state index is 0.105. The summed E-state index contributed by atoms with van der Waals surface area (Å²) in [7, 11) is 0. The van der Waals surface area contributed by atoms with E-state index in [0.29, 0.717) is 31.5 Å². The summed E-state index contributed by atoms with van der Waals surface area (Å²) in [4.78, 5) is 29.6. The summed E-state index contributed by atoms with van der Waals surface area (Å²) in [5, 5.41) is 26.2. The minimum atomic E-state index is -0.905. The average Bonchev–Trinajstić information content (AvgIpc) is 3.38. The molecule has 0 bridgehead atoms. The molecule has 4 aromatic rings. The molecule has 1 atom stereocenters. The molecule has 0 saturated carbocycles. The van der Waals surface area contributed by atoms with Crippen molar-refractivity contribution in [2.45, 2.75) is 25.0 Å². The highest BCUT2D eigenvalue weighted by molar-refractivity contribution is 6.24. The van der Waals surface area contributed by atoms with Crippen LogP contribution in [0, 0.1) is 0 Å². The molecule has 2 aliphatic heterocycles. The molecule has 1 unspecified atom stereocenters. The fourth-order valence-corrected chi connectivity index (χ4v) is 5.26. The molecule has 2 aromatic heterocycles. The van der Waals surface area contributed by atoms with Gasteiger partial charge in [-0.15, -0.1) is 0 Å². The average molecular weight is 442 g/mol. The number of aliphatic hydroxyl groups is 1. The number of anilines is 1. The van der Waals surface area contributed by atoms with Crippen molar-refractivity contribution in [2.75, 3.05) is 18.4 Å². The van der Waals surface area contributed by atoms with Gasteiger partial charge in [0.2, 0.25) is 0 Å². The molecule has 6 rings (SSSR count). The van der Waals surface area contributed by atoms with Gasteiger partial charge in [0.15, 0.2) is 0 Å². The molecule has 0 spiro atoms. The predicted molar refractivity (Wildman–Crippen MR) is 124 cm³/mol. The van der Waals surface area contributed by atoms with Gasteiger partial charge >= 0.3 is 6.09 Å². The Morgan fingerprint density at radius 3 is 2.64 bits per heavy atom. The number of aromatic nitrogens is 2. The summed E-state index contributed by atoms with van der Waals surface area (Å²) >= 11 is 0. The van der Waals surface area contributed by atoms with Crippen LogP contribution >= 0.6 is 0 Å². The molecule has 33 heavy (non-hydrogen) atoms. The van der Waals surface area contributed by atoms with E-state index in [-0.39, 0.29) is 11.9 Å². The van der Waals surface area contributed by atoms with E-state index in [1.54, 1.807) is 12.3 Å². The maximum atomic E-state index is 12.3. The van der Waals surface area contributed by atoms with E-state index in [1.807, 2.05) is 42.6 Å². The Morgan fingerprint density at radius 2 is 1.85 bits per heavy atom. The van der Waals surface area contributed by atoms with Gasteiger partial charge in [-0.25, -0.2) is 9.78 Å². The molecular weight excluding hydrogens is 420 g/mol. The first-order chi connectivity index (χ1) is 16.0. The SMILES string of the molecule is O=C1Nc2ccc(C(O)c3cn(C4CCN(C(=O)O)CC4)c4ncccc34)c3cccc1c23. The zero-order chi connectivity index (χ0) is 22.7. The normalized spacial score (nSPS) is 17.0. The van der Waals surface area contributed by atoms with Gasteiger partial charge in [0.25, 0.3) is 5.91 Å². The summed E-state index contributed by atoms with van der Waals surface area (Å²) in [6.45, 7) is 0.945. The van der Waals surface area contributed by atoms with Crippen molar-refractivity contribution < 1.29 is 19.8 Å². The van der Waals surface area contributed by atoms with Crippen LogP contribution < -0.4 is 5.32 Å². The van der Waals surface area contributed by atoms with Crippen LogP contribution in [-0.4, -0.2) is 49.8 Å². The van der Waals surface area contributed by atoms with Crippen LogP contribution in [0.25, 0.3) is 21.8 Å². The lowest BCUT2D eigenvalue weighted by Gasteiger charge is -2.31. The topological polar surface area (TPSA) is 108 Å². The first-order valence-electron chi connectivity index (χ1n) is 11.0. The second-order valence-electron chi connectivity index (χ2n) is 8.65. The molecule has 0 radical (unpaired) electrons. The third-order valence-corrected chi connectivity index (χ3v) is 6.91. The number of pyridine rings is 1. The minimum Gasteiger partial charge on any atom is -0.465 e. The van der Waals surface area contributed by atoms with Crippen molar-refractivity contribution in [1.29, 1.82) is 0 Å². The number of nitrogens with zero attached hydrogens (tertiary/aromatic N) is 3. The number of rotatable bonds is 3. The Balaban J connectivity index is 1.44. The van der Waals surface area contributed by atoms with E-state index in [9.17, 15) is 19.8 Å². The van der Waals surface area contributed by atoms with Gasteiger partial charge < -0.3 is 25.0 Å². The summed E-state index contributed by atoms with van der Waals surface area (Å²) in [5.74, 6) is -0.129. The molecule has 8 nitrogen and oxygen atoms in total. The number of aliphatic hydroxyl groups excluding tert-OH is 1. The highest BCUT2D eigenvalue weighted by Crippen LogP contribution is 2.40. The van der Waals surface area contributed by atoms with E-state index in [2.05, 4.69) is 14.9 Å². The van der Waals surface area contributed by atoms with Crippen LogP contribution in [0.15, 0.2) is 54.9 Å². The van der Waals surface area contributed by atoms with Crippen molar-refractivity contribution >= 4 is 39.5 Å². The van der Waals surface area contributed by atoms with Crippen LogP contribution in [0.3, 0.4) is 0 Å². The molecule has 2 aliphatic rings. The Labute approximate surface area is 189 Å². The van der Waals surface area contributed by atoms with Crippen LogP contribution in [0.5, 0.6) is 0 Å². The summed E-state index contributed by atoms with van der Waals surface area (Å²) in [6.07, 6.45) is 3.28. The van der Waals surface area contributed by atoms with E-state index in [0.717, 1.165) is 38.6 Å². The Bertz CT molecular complexity index is 1440. The largest absolute Gasteiger partial charge is 0.465 e. The van der Waals surface area contributed by atoms with Crippen molar-refractivity contribution in [2.24, 2.45) is 0 Å². The van der Waals surface area contributed by atoms with Gasteiger partial charge in [-0.05, 0) is 48.1 Å². The molecule has 1 fully saturated rings. The zero-order valence-corrected chi connectivity index (χ0v) is 17.7. The zero-order valence-electron chi connectivity index (χ0n) is 17.7. The van der Waals surface area contributed by atoms with E-state index in [4.69, 9.17) is 0 Å². The third kappa shape index (κ3) is 2.98. The number of nitrogens with one attached hydrogen (secondary N) is 1. The van der Waals surface area contributed by atoms with Crippen molar-refractivity contribution in [3.63, 3.8) is 0 Å². The van der Waals surface area contributed by atoms with Gasteiger partial charge in [0.05, 0.1) is 0 Å². The molecular formula is C25H22N4O4. The molecule has 1 saturated heterocycles. The third-order valence-electron chi connectivity index (χ3n) is 6.91. The lowest BCUT2D eigenvalue weighted by atomic mass is 9.94. The fourth-order valence-electron chi connectivity index (χ4n) is 5.26. The fraction of sp³-hybridized carbons (Fsp3) is 0.240. The second-order valence-corrected chi connectivity index (χ2v) is 8.65. The van der Waals surface area contributed by atoms with Crippen LogP contribution in [0.2, 0.25) is 0 Å². The highest BCUT2D eigenvalue weighted by atomic mass is 16.4. The number of amides is 2. The molecule has 2 amide bonds. The molecule has 3 N–H and O–H groups in total. The van der Waals surface area contributed by atoms with Gasteiger partial charge in [-0.2, -0.15) is 0 Å². The van der Waals surface area contributed by atoms with Crippen molar-refractivity contribution in [1.82, 2.24) is 14.5 Å². The number of hydrogen-bond donors (Lipinski definition) is 3. The summed E-state index contributed by atoms with van der Waals surface area (Å²) in [6, 6.07) is 13.2. The second kappa shape index (κ2) is 7.31. The van der Waals surface area contributed by atoms with Crippen LogP contribution in [0.4, 0.5) is 10.5 Å². The first-order valence-corrected chi connectivity index (χ1v) is 11.0. The summed E-state index contributed by atoms with van der Waals surface area (Å²) in [5.41, 5.74) is 3.64. The van der Waals surface area contributed by atoms with Gasteiger partial charge in [-0.1, -0.05) is 18.2 Å². The number of carboxylic acid groups (broad SMARTS) is 1. The number of carbonyl (C=O) groups excluding carboxylic acids is 1. The molecule has 8 heteroatoms. The summed E-state index contributed by atoms with van der Waals surface area (Å²) < 4.78 is 2.08. The first kappa shape index (κ1) is 19.8. The number of piperidine rings is 1. The maximum absolute atomic E-state index is 12.3. The van der Waals surface area contributed by atoms with Gasteiger partial charge in [0, 0.05) is 59.1 Å². The van der Waals surface area contributed by atoms with E-state index >= 15 is 0 Å². The van der Waals surface area contributed by atoms with Crippen molar-refractivity contribution in [3.8, 4) is 0 Å². The van der Waals surface area contributed by atoms with E-state index < -0.39 is 12.2 Å². The molecule has 0 aliphatic carbocycles. The Hall–Kier alpha value is -3.91. The van der Waals surface area contributed by atoms with Gasteiger partial charge in [0.1, 0.15) is 11.8 Å². The monoisotopic (exact) mass is 442 g/mol. The number of carbonyl (C=O) groups is 2. The standard InChI is InChI=1S/C25H22N4O4/c30-22(16-6-7-20-21-15(16)3-1-4-18(21)24(31)27-20)19-13-29(23-17(19)5-2-10-26-23)14-8-11-28(12-9-14)25(32)33/h1-7,10,13-14,22,30H,8-9,11-12H2,(H,27,31)(H,32,33). The number of benzene rings is 2. The Morgan fingerprint density at radius 1 is 1.06 bits per heavy atom. The molecule has 2 aromatic carbocycles. The quantitative estimate of drug-likeness (QED) is 0.442.